The molecule has 0 amide bonds. The van der Waals surface area contributed by atoms with Crippen LogP contribution >= 0.6 is 23.4 Å². The van der Waals surface area contributed by atoms with E-state index < -0.39 is 11.7 Å². The number of alkyl halides is 3. The average molecular weight is 318 g/mol. The van der Waals surface area contributed by atoms with Crippen LogP contribution in [0.1, 0.15) is 11.1 Å². The number of benzene rings is 2. The van der Waals surface area contributed by atoms with Gasteiger partial charge in [-0.3, -0.25) is 0 Å². The summed E-state index contributed by atoms with van der Waals surface area (Å²) in [7, 11) is 0. The van der Waals surface area contributed by atoms with Gasteiger partial charge in [-0.05, 0) is 29.8 Å². The highest BCUT2D eigenvalue weighted by Crippen LogP contribution is 2.35. The van der Waals surface area contributed by atoms with E-state index in [-0.39, 0.29) is 5.69 Å². The minimum Gasteiger partial charge on any atom is -0.398 e. The first-order chi connectivity index (χ1) is 9.38. The third kappa shape index (κ3) is 3.61. The maximum atomic E-state index is 12.5. The van der Waals surface area contributed by atoms with Crippen molar-refractivity contribution in [1.29, 1.82) is 0 Å². The standard InChI is InChI=1S/C14H11ClF3NS/c15-11-4-2-1-3-9(11)8-20-13-6-5-10(7-12(13)19)14(16,17)18/h1-7H,8,19H2. The van der Waals surface area contributed by atoms with Gasteiger partial charge in [-0.2, -0.15) is 13.2 Å². The van der Waals surface area contributed by atoms with Crippen molar-refractivity contribution in [3.63, 3.8) is 0 Å². The smallest absolute Gasteiger partial charge is 0.398 e. The van der Waals surface area contributed by atoms with Crippen molar-refractivity contribution in [3.8, 4) is 0 Å². The molecule has 0 aliphatic rings. The lowest BCUT2D eigenvalue weighted by Crippen LogP contribution is -2.05. The van der Waals surface area contributed by atoms with Crippen LogP contribution in [0.4, 0.5) is 18.9 Å². The van der Waals surface area contributed by atoms with Crippen LogP contribution in [0.5, 0.6) is 0 Å². The van der Waals surface area contributed by atoms with Gasteiger partial charge < -0.3 is 5.73 Å². The molecule has 0 fully saturated rings. The van der Waals surface area contributed by atoms with Gasteiger partial charge in [-0.1, -0.05) is 29.8 Å². The van der Waals surface area contributed by atoms with Crippen LogP contribution in [0, 0.1) is 0 Å². The molecule has 0 aliphatic carbocycles. The lowest BCUT2D eigenvalue weighted by Gasteiger charge is -2.11. The fourth-order valence-corrected chi connectivity index (χ4v) is 2.86. The minimum absolute atomic E-state index is 0.122. The number of halogens is 4. The van der Waals surface area contributed by atoms with Crippen molar-refractivity contribution in [2.75, 3.05) is 5.73 Å². The Kier molecular flexibility index (Phi) is 4.50. The molecule has 0 unspecified atom stereocenters. The highest BCUT2D eigenvalue weighted by atomic mass is 35.5. The third-order valence-corrected chi connectivity index (χ3v) is 4.18. The fraction of sp³-hybridized carbons (Fsp3) is 0.143. The van der Waals surface area contributed by atoms with E-state index in [0.29, 0.717) is 15.7 Å². The zero-order valence-corrected chi connectivity index (χ0v) is 11.8. The average Bonchev–Trinajstić information content (AvgIpc) is 2.38. The summed E-state index contributed by atoms with van der Waals surface area (Å²) in [4.78, 5) is 0.609. The van der Waals surface area contributed by atoms with Crippen LogP contribution < -0.4 is 5.73 Å². The van der Waals surface area contributed by atoms with E-state index in [1.165, 1.54) is 17.8 Å². The molecule has 2 aromatic carbocycles. The molecule has 0 atom stereocenters. The van der Waals surface area contributed by atoms with E-state index in [1.54, 1.807) is 6.07 Å². The molecule has 2 N–H and O–H groups in total. The molecule has 6 heteroatoms. The maximum absolute atomic E-state index is 12.5. The fourth-order valence-electron chi connectivity index (χ4n) is 1.63. The zero-order valence-electron chi connectivity index (χ0n) is 10.2. The summed E-state index contributed by atoms with van der Waals surface area (Å²) in [6, 6.07) is 10.7. The highest BCUT2D eigenvalue weighted by Gasteiger charge is 2.30. The second-order valence-corrected chi connectivity index (χ2v) is 5.55. The van der Waals surface area contributed by atoms with Crippen LogP contribution in [-0.2, 0) is 11.9 Å². The Morgan fingerprint density at radius 2 is 1.80 bits per heavy atom. The van der Waals surface area contributed by atoms with E-state index >= 15 is 0 Å². The Morgan fingerprint density at radius 3 is 2.40 bits per heavy atom. The first kappa shape index (κ1) is 15.1. The molecule has 2 rings (SSSR count). The first-order valence-corrected chi connectivity index (χ1v) is 7.07. The maximum Gasteiger partial charge on any atom is 0.416 e. The van der Waals surface area contributed by atoms with E-state index in [4.69, 9.17) is 17.3 Å². The molecule has 0 aromatic heterocycles. The predicted molar refractivity (Wildman–Crippen MR) is 76.9 cm³/mol. The van der Waals surface area contributed by atoms with Gasteiger partial charge in [0.15, 0.2) is 0 Å². The molecule has 0 spiro atoms. The van der Waals surface area contributed by atoms with Crippen LogP contribution in [0.2, 0.25) is 5.02 Å². The quantitative estimate of drug-likeness (QED) is 0.619. The Balaban J connectivity index is 2.13. The zero-order chi connectivity index (χ0) is 14.8. The van der Waals surface area contributed by atoms with Crippen LogP contribution in [0.3, 0.4) is 0 Å². The molecule has 0 radical (unpaired) electrons. The topological polar surface area (TPSA) is 26.0 Å². The van der Waals surface area contributed by atoms with Gasteiger partial charge in [0.25, 0.3) is 0 Å². The first-order valence-electron chi connectivity index (χ1n) is 5.71. The third-order valence-electron chi connectivity index (χ3n) is 2.68. The van der Waals surface area contributed by atoms with Gasteiger partial charge in [-0.25, -0.2) is 0 Å². The molecule has 106 valence electrons. The Hall–Kier alpha value is -1.33. The van der Waals surface area contributed by atoms with Gasteiger partial charge in [0, 0.05) is 21.4 Å². The normalized spacial score (nSPS) is 11.6. The summed E-state index contributed by atoms with van der Waals surface area (Å²) >= 11 is 7.38. The van der Waals surface area contributed by atoms with Gasteiger partial charge in [0.1, 0.15) is 0 Å². The summed E-state index contributed by atoms with van der Waals surface area (Å²) in [5, 5.41) is 0.630. The van der Waals surface area contributed by atoms with E-state index in [9.17, 15) is 13.2 Å². The summed E-state index contributed by atoms with van der Waals surface area (Å²) < 4.78 is 37.6. The summed E-state index contributed by atoms with van der Waals surface area (Å²) in [5.74, 6) is 0.551. The lowest BCUT2D eigenvalue weighted by atomic mass is 10.2. The Bertz CT molecular complexity index is 614. The molecule has 20 heavy (non-hydrogen) atoms. The van der Waals surface area contributed by atoms with Gasteiger partial charge in [-0.15, -0.1) is 11.8 Å². The number of nitrogens with two attached hydrogens (primary N) is 1. The molecule has 2 aromatic rings. The summed E-state index contributed by atoms with van der Waals surface area (Å²) in [6.45, 7) is 0. The predicted octanol–water partition coefficient (Wildman–Crippen LogP) is 5.23. The Morgan fingerprint density at radius 1 is 1.10 bits per heavy atom. The summed E-state index contributed by atoms with van der Waals surface area (Å²) in [5.41, 5.74) is 5.96. The van der Waals surface area contributed by atoms with Crippen LogP contribution in [0.15, 0.2) is 47.4 Å². The largest absolute Gasteiger partial charge is 0.416 e. The monoisotopic (exact) mass is 317 g/mol. The molecule has 0 aliphatic heterocycles. The number of hydrogen-bond acceptors (Lipinski definition) is 2. The molecule has 0 saturated heterocycles. The number of rotatable bonds is 3. The van der Waals surface area contributed by atoms with Crippen molar-refractivity contribution >= 4 is 29.1 Å². The Labute approximate surface area is 123 Å². The molecule has 0 bridgehead atoms. The van der Waals surface area contributed by atoms with Crippen LogP contribution in [-0.4, -0.2) is 0 Å². The van der Waals surface area contributed by atoms with Crippen LogP contribution in [0.25, 0.3) is 0 Å². The molecular weight excluding hydrogens is 307 g/mol. The SMILES string of the molecule is Nc1cc(C(F)(F)F)ccc1SCc1ccccc1Cl. The molecule has 0 heterocycles. The number of hydrogen-bond donors (Lipinski definition) is 1. The van der Waals surface area contributed by atoms with Gasteiger partial charge >= 0.3 is 6.18 Å². The van der Waals surface area contributed by atoms with E-state index in [2.05, 4.69) is 0 Å². The number of anilines is 1. The van der Waals surface area contributed by atoms with Gasteiger partial charge in [0.05, 0.1) is 5.56 Å². The van der Waals surface area contributed by atoms with Crippen molar-refractivity contribution in [1.82, 2.24) is 0 Å². The van der Waals surface area contributed by atoms with Crippen molar-refractivity contribution in [2.24, 2.45) is 0 Å². The number of thioether (sulfide) groups is 1. The van der Waals surface area contributed by atoms with Crippen molar-refractivity contribution in [3.05, 3.63) is 58.6 Å². The van der Waals surface area contributed by atoms with Crippen molar-refractivity contribution in [2.45, 2.75) is 16.8 Å². The molecular formula is C14H11ClF3NS. The molecule has 1 nitrogen and oxygen atoms in total. The second kappa shape index (κ2) is 5.97. The van der Waals surface area contributed by atoms with E-state index in [1.807, 2.05) is 18.2 Å². The number of nitrogen functional groups attached to an aromatic ring is 1. The van der Waals surface area contributed by atoms with E-state index in [0.717, 1.165) is 17.7 Å². The second-order valence-electron chi connectivity index (χ2n) is 4.13. The molecule has 0 saturated carbocycles. The highest BCUT2D eigenvalue weighted by molar-refractivity contribution is 7.98. The summed E-state index contributed by atoms with van der Waals surface area (Å²) in [6.07, 6.45) is -4.37. The lowest BCUT2D eigenvalue weighted by molar-refractivity contribution is -0.137. The van der Waals surface area contributed by atoms with Crippen molar-refractivity contribution < 1.29 is 13.2 Å². The van der Waals surface area contributed by atoms with Gasteiger partial charge in [0.2, 0.25) is 0 Å². The minimum atomic E-state index is -4.37.